The number of rotatable bonds is 6. The van der Waals surface area contributed by atoms with E-state index in [9.17, 15) is 0 Å². The Kier molecular flexibility index (Phi) is 7.45. The number of aliphatic imine (C=N–C) groups is 1. The van der Waals surface area contributed by atoms with Gasteiger partial charge in [0.25, 0.3) is 0 Å². The number of hydrogen-bond donors (Lipinski definition) is 2. The van der Waals surface area contributed by atoms with E-state index in [2.05, 4.69) is 65.6 Å². The van der Waals surface area contributed by atoms with Crippen LogP contribution >= 0.6 is 11.3 Å². The van der Waals surface area contributed by atoms with E-state index in [1.165, 1.54) is 22.4 Å². The Bertz CT molecular complexity index is 784. The maximum Gasteiger partial charge on any atom is 0.191 e. The number of hydrogen-bond acceptors (Lipinski definition) is 4. The van der Waals surface area contributed by atoms with Crippen LogP contribution in [0, 0.1) is 26.7 Å². The molecule has 2 aromatic rings. The molecule has 2 N–H and O–H groups in total. The van der Waals surface area contributed by atoms with Crippen molar-refractivity contribution in [2.75, 3.05) is 26.7 Å². The van der Waals surface area contributed by atoms with Crippen molar-refractivity contribution in [2.24, 2.45) is 10.9 Å². The number of benzene rings is 1. The summed E-state index contributed by atoms with van der Waals surface area (Å²) < 4.78 is 6.13. The number of nitrogens with zero attached hydrogens (tertiary/aromatic N) is 2. The maximum atomic E-state index is 6.13. The average molecular weight is 401 g/mol. The van der Waals surface area contributed by atoms with Crippen LogP contribution < -0.4 is 10.6 Å². The Balaban J connectivity index is 1.51. The second-order valence-corrected chi connectivity index (χ2v) is 8.76. The fourth-order valence-corrected chi connectivity index (χ4v) is 4.66. The van der Waals surface area contributed by atoms with Crippen molar-refractivity contribution in [1.29, 1.82) is 0 Å². The standard InChI is InChI=1S/C22H32N4OS/c1-15-7-9-18(10-8-15)21-19(6-5-13-27-21)14-25-22(23-4)24-12-11-20-16(2)26-17(3)28-20/h7-10,19,21H,5-6,11-14H2,1-4H3,(H2,23,24,25). The van der Waals surface area contributed by atoms with Crippen molar-refractivity contribution in [1.82, 2.24) is 15.6 Å². The van der Waals surface area contributed by atoms with Gasteiger partial charge in [-0.3, -0.25) is 4.99 Å². The summed E-state index contributed by atoms with van der Waals surface area (Å²) in [5.41, 5.74) is 3.70. The van der Waals surface area contributed by atoms with Crippen LogP contribution in [0.2, 0.25) is 0 Å². The topological polar surface area (TPSA) is 58.5 Å². The van der Waals surface area contributed by atoms with Gasteiger partial charge in [-0.05, 0) is 39.2 Å². The van der Waals surface area contributed by atoms with Crippen molar-refractivity contribution >= 4 is 17.3 Å². The molecule has 28 heavy (non-hydrogen) atoms. The summed E-state index contributed by atoms with van der Waals surface area (Å²) in [6.45, 7) is 8.82. The van der Waals surface area contributed by atoms with Crippen LogP contribution in [0.3, 0.4) is 0 Å². The number of ether oxygens (including phenoxy) is 1. The van der Waals surface area contributed by atoms with Crippen LogP contribution in [0.4, 0.5) is 0 Å². The highest BCUT2D eigenvalue weighted by atomic mass is 32.1. The molecule has 1 saturated heterocycles. The first-order chi connectivity index (χ1) is 13.6. The number of thiazole rings is 1. The molecule has 3 rings (SSSR count). The smallest absolute Gasteiger partial charge is 0.191 e. The van der Waals surface area contributed by atoms with Gasteiger partial charge in [-0.2, -0.15) is 0 Å². The molecule has 0 saturated carbocycles. The highest BCUT2D eigenvalue weighted by molar-refractivity contribution is 7.11. The van der Waals surface area contributed by atoms with Crippen LogP contribution in [-0.2, 0) is 11.2 Å². The summed E-state index contributed by atoms with van der Waals surface area (Å²) in [6.07, 6.45) is 3.41. The second kappa shape index (κ2) is 10.0. The van der Waals surface area contributed by atoms with Gasteiger partial charge in [-0.25, -0.2) is 4.98 Å². The summed E-state index contributed by atoms with van der Waals surface area (Å²) in [4.78, 5) is 10.2. The Hall–Kier alpha value is -1.92. The second-order valence-electron chi connectivity index (χ2n) is 7.48. The van der Waals surface area contributed by atoms with Gasteiger partial charge in [0.15, 0.2) is 5.96 Å². The number of nitrogens with one attached hydrogen (secondary N) is 2. The monoisotopic (exact) mass is 400 g/mol. The first-order valence-electron chi connectivity index (χ1n) is 10.1. The minimum absolute atomic E-state index is 0.155. The Morgan fingerprint density at radius 2 is 2.00 bits per heavy atom. The van der Waals surface area contributed by atoms with E-state index < -0.39 is 0 Å². The number of aromatic nitrogens is 1. The lowest BCUT2D eigenvalue weighted by atomic mass is 9.89. The summed E-state index contributed by atoms with van der Waals surface area (Å²) in [5, 5.41) is 8.07. The molecule has 1 aliphatic rings. The van der Waals surface area contributed by atoms with E-state index in [0.29, 0.717) is 5.92 Å². The first kappa shape index (κ1) is 20.8. The molecule has 0 amide bonds. The summed E-state index contributed by atoms with van der Waals surface area (Å²) in [6, 6.07) is 8.73. The lowest BCUT2D eigenvalue weighted by molar-refractivity contribution is -0.0265. The van der Waals surface area contributed by atoms with E-state index >= 15 is 0 Å². The molecule has 6 heteroatoms. The third-order valence-electron chi connectivity index (χ3n) is 5.25. The Labute approximate surface area is 172 Å². The fourth-order valence-electron chi connectivity index (χ4n) is 3.73. The molecule has 152 valence electrons. The van der Waals surface area contributed by atoms with Crippen LogP contribution in [0.25, 0.3) is 0 Å². The SMILES string of the molecule is CN=C(NCCc1sc(C)nc1C)NCC1CCCOC1c1ccc(C)cc1. The normalized spacial score (nSPS) is 20.2. The molecule has 2 heterocycles. The van der Waals surface area contributed by atoms with Crippen LogP contribution in [0.15, 0.2) is 29.3 Å². The molecular formula is C22H32N4OS. The summed E-state index contributed by atoms with van der Waals surface area (Å²) in [5.74, 6) is 1.30. The zero-order chi connectivity index (χ0) is 19.9. The van der Waals surface area contributed by atoms with E-state index in [4.69, 9.17) is 4.74 Å². The van der Waals surface area contributed by atoms with Crippen molar-refractivity contribution in [2.45, 2.75) is 46.1 Å². The number of aryl methyl sites for hydroxylation is 3. The third kappa shape index (κ3) is 5.55. The van der Waals surface area contributed by atoms with Crippen molar-refractivity contribution in [3.8, 4) is 0 Å². The molecule has 0 radical (unpaired) electrons. The molecule has 1 aliphatic heterocycles. The minimum Gasteiger partial charge on any atom is -0.373 e. The van der Waals surface area contributed by atoms with Gasteiger partial charge >= 0.3 is 0 Å². The van der Waals surface area contributed by atoms with Crippen LogP contribution in [-0.4, -0.2) is 37.7 Å². The van der Waals surface area contributed by atoms with Gasteiger partial charge in [0, 0.05) is 44.0 Å². The van der Waals surface area contributed by atoms with E-state index in [1.54, 1.807) is 11.3 Å². The van der Waals surface area contributed by atoms with Crippen LogP contribution in [0.1, 0.15) is 45.7 Å². The summed E-state index contributed by atoms with van der Waals surface area (Å²) >= 11 is 1.78. The highest BCUT2D eigenvalue weighted by Gasteiger charge is 2.27. The predicted octanol–water partition coefficient (Wildman–Crippen LogP) is 3.94. The van der Waals surface area contributed by atoms with Crippen LogP contribution in [0.5, 0.6) is 0 Å². The minimum atomic E-state index is 0.155. The van der Waals surface area contributed by atoms with Crippen molar-refractivity contribution in [3.05, 3.63) is 51.0 Å². The van der Waals surface area contributed by atoms with Gasteiger partial charge in [0.1, 0.15) is 0 Å². The molecule has 0 bridgehead atoms. The molecule has 2 atom stereocenters. The van der Waals surface area contributed by atoms with Crippen molar-refractivity contribution < 1.29 is 4.74 Å². The maximum absolute atomic E-state index is 6.13. The lowest BCUT2D eigenvalue weighted by Gasteiger charge is -2.32. The molecular weight excluding hydrogens is 368 g/mol. The molecule has 1 fully saturated rings. The molecule has 0 spiro atoms. The highest BCUT2D eigenvalue weighted by Crippen LogP contribution is 2.33. The first-order valence-corrected chi connectivity index (χ1v) is 10.9. The molecule has 5 nitrogen and oxygen atoms in total. The van der Waals surface area contributed by atoms with Gasteiger partial charge in [0.2, 0.25) is 0 Å². The van der Waals surface area contributed by atoms with Gasteiger partial charge in [0.05, 0.1) is 16.8 Å². The van der Waals surface area contributed by atoms with Gasteiger partial charge < -0.3 is 15.4 Å². The van der Waals surface area contributed by atoms with Gasteiger partial charge in [-0.15, -0.1) is 11.3 Å². The van der Waals surface area contributed by atoms with E-state index in [1.807, 2.05) is 7.05 Å². The quantitative estimate of drug-likeness (QED) is 0.569. The van der Waals surface area contributed by atoms with Gasteiger partial charge in [-0.1, -0.05) is 29.8 Å². The van der Waals surface area contributed by atoms with Crippen molar-refractivity contribution in [3.63, 3.8) is 0 Å². The zero-order valence-electron chi connectivity index (χ0n) is 17.4. The largest absolute Gasteiger partial charge is 0.373 e. The fraction of sp³-hybridized carbons (Fsp3) is 0.545. The Morgan fingerprint density at radius 1 is 1.21 bits per heavy atom. The Morgan fingerprint density at radius 3 is 2.68 bits per heavy atom. The average Bonchev–Trinajstić information content (AvgIpc) is 3.02. The summed E-state index contributed by atoms with van der Waals surface area (Å²) in [7, 11) is 1.83. The molecule has 2 unspecified atom stereocenters. The third-order valence-corrected chi connectivity index (χ3v) is 6.38. The van der Waals surface area contributed by atoms with E-state index in [0.717, 1.165) is 49.2 Å². The number of guanidine groups is 1. The zero-order valence-corrected chi connectivity index (χ0v) is 18.2. The predicted molar refractivity (Wildman–Crippen MR) is 117 cm³/mol. The molecule has 1 aromatic heterocycles. The lowest BCUT2D eigenvalue weighted by Crippen LogP contribution is -2.42. The molecule has 0 aliphatic carbocycles. The molecule has 1 aromatic carbocycles. The van der Waals surface area contributed by atoms with E-state index in [-0.39, 0.29) is 6.10 Å².